The molecule has 1 unspecified atom stereocenters. The van der Waals surface area contributed by atoms with Crippen molar-refractivity contribution in [3.63, 3.8) is 0 Å². The molecule has 5 nitrogen and oxygen atoms in total. The molecule has 5 heteroatoms. The first-order valence-electron chi connectivity index (χ1n) is 3.85. The summed E-state index contributed by atoms with van der Waals surface area (Å²) in [4.78, 5) is 21.2. The smallest absolute Gasteiger partial charge is 0.478 e. The van der Waals surface area contributed by atoms with E-state index in [9.17, 15) is 9.59 Å². The van der Waals surface area contributed by atoms with E-state index in [1.165, 1.54) is 0 Å². The van der Waals surface area contributed by atoms with Crippen LogP contribution in [-0.2, 0) is 14.3 Å². The normalized spacial score (nSPS) is 27.3. The van der Waals surface area contributed by atoms with Crippen LogP contribution in [0.15, 0.2) is 11.8 Å². The van der Waals surface area contributed by atoms with E-state index >= 15 is 0 Å². The number of cyclic esters (lactones) is 2. The molecular weight excluding hydrogens is 176 g/mol. The lowest BCUT2D eigenvalue weighted by atomic mass is 10.0. The monoisotopic (exact) mass is 186 g/mol. The van der Waals surface area contributed by atoms with Crippen LogP contribution in [0.3, 0.4) is 0 Å². The van der Waals surface area contributed by atoms with E-state index in [-0.39, 0.29) is 18.1 Å². The largest absolute Gasteiger partial charge is 0.513 e. The Kier molecular flexibility index (Phi) is 2.89. The van der Waals surface area contributed by atoms with Crippen LogP contribution in [0.25, 0.3) is 0 Å². The summed E-state index contributed by atoms with van der Waals surface area (Å²) in [6.07, 6.45) is 0.411. The Bertz CT molecular complexity index is 255. The number of carbonyl (C=O) groups excluding carboxylic acids is 1. The maximum Gasteiger partial charge on any atom is 0.513 e. The Morgan fingerprint density at radius 3 is 3.00 bits per heavy atom. The highest BCUT2D eigenvalue weighted by molar-refractivity contribution is 5.86. The van der Waals surface area contributed by atoms with Crippen molar-refractivity contribution in [2.75, 3.05) is 6.61 Å². The molecule has 0 aromatic heterocycles. The molecule has 0 aromatic carbocycles. The zero-order chi connectivity index (χ0) is 9.84. The van der Waals surface area contributed by atoms with Crippen molar-refractivity contribution in [2.45, 2.75) is 13.3 Å². The Morgan fingerprint density at radius 2 is 2.38 bits per heavy atom. The summed E-state index contributed by atoms with van der Waals surface area (Å²) in [6.45, 7) is 1.98. The third kappa shape index (κ3) is 2.77. The third-order valence-electron chi connectivity index (χ3n) is 1.63. The van der Waals surface area contributed by atoms with Crippen molar-refractivity contribution in [1.82, 2.24) is 0 Å². The summed E-state index contributed by atoms with van der Waals surface area (Å²) in [5.41, 5.74) is 0.0872. The van der Waals surface area contributed by atoms with Crippen LogP contribution in [-0.4, -0.2) is 23.8 Å². The summed E-state index contributed by atoms with van der Waals surface area (Å²) >= 11 is 0. The average molecular weight is 186 g/mol. The van der Waals surface area contributed by atoms with Crippen LogP contribution in [0.1, 0.15) is 13.3 Å². The Morgan fingerprint density at radius 1 is 1.69 bits per heavy atom. The number of hydrogen-bond donors (Lipinski definition) is 1. The Hall–Kier alpha value is -1.52. The summed E-state index contributed by atoms with van der Waals surface area (Å²) in [7, 11) is 0. The van der Waals surface area contributed by atoms with Crippen LogP contribution >= 0.6 is 0 Å². The molecule has 0 spiro atoms. The Labute approximate surface area is 74.9 Å². The van der Waals surface area contributed by atoms with Gasteiger partial charge in [-0.3, -0.25) is 0 Å². The standard InChI is InChI=1S/C8H10O5/c1-5-2-6(7(9)10)4-13-8(11)12-3-5/h4-5H,2-3H2,1H3,(H,9,10)/b6-4+. The molecule has 0 bridgehead atoms. The molecule has 1 aliphatic heterocycles. The van der Waals surface area contributed by atoms with Crippen molar-refractivity contribution in [3.05, 3.63) is 11.8 Å². The summed E-state index contributed by atoms with van der Waals surface area (Å²) in [5.74, 6) is -1.07. The highest BCUT2D eigenvalue weighted by Gasteiger charge is 2.18. The van der Waals surface area contributed by atoms with Gasteiger partial charge in [-0.2, -0.15) is 0 Å². The highest BCUT2D eigenvalue weighted by atomic mass is 16.7. The van der Waals surface area contributed by atoms with Crippen LogP contribution in [0, 0.1) is 5.92 Å². The van der Waals surface area contributed by atoms with Gasteiger partial charge in [0.25, 0.3) is 0 Å². The minimum absolute atomic E-state index is 0.00444. The number of carboxylic acid groups (broad SMARTS) is 1. The van der Waals surface area contributed by atoms with Gasteiger partial charge in [0, 0.05) is 0 Å². The molecule has 1 N–H and O–H groups in total. The molecular formula is C8H10O5. The maximum atomic E-state index is 10.7. The topological polar surface area (TPSA) is 72.8 Å². The first-order chi connectivity index (χ1) is 6.09. The third-order valence-corrected chi connectivity index (χ3v) is 1.63. The van der Waals surface area contributed by atoms with Gasteiger partial charge in [-0.05, 0) is 12.3 Å². The Balaban J connectivity index is 2.75. The van der Waals surface area contributed by atoms with E-state index in [0.717, 1.165) is 6.26 Å². The molecule has 0 fully saturated rings. The van der Waals surface area contributed by atoms with E-state index in [1.54, 1.807) is 6.92 Å². The fourth-order valence-corrected chi connectivity index (χ4v) is 0.984. The number of carboxylic acids is 1. The predicted molar refractivity (Wildman–Crippen MR) is 41.9 cm³/mol. The van der Waals surface area contributed by atoms with E-state index in [2.05, 4.69) is 9.47 Å². The number of ether oxygens (including phenoxy) is 2. The quantitative estimate of drug-likeness (QED) is 0.622. The first-order valence-corrected chi connectivity index (χ1v) is 3.85. The van der Waals surface area contributed by atoms with E-state index < -0.39 is 12.1 Å². The summed E-state index contributed by atoms with van der Waals surface area (Å²) in [5, 5.41) is 8.66. The first kappa shape index (κ1) is 9.57. The lowest BCUT2D eigenvalue weighted by molar-refractivity contribution is -0.133. The van der Waals surface area contributed by atoms with Gasteiger partial charge in [-0.1, -0.05) is 6.92 Å². The van der Waals surface area contributed by atoms with Crippen LogP contribution in [0.5, 0.6) is 0 Å². The molecule has 1 atom stereocenters. The maximum absolute atomic E-state index is 10.7. The lowest BCUT2D eigenvalue weighted by Crippen LogP contribution is -2.18. The van der Waals surface area contributed by atoms with Gasteiger partial charge in [-0.15, -0.1) is 0 Å². The van der Waals surface area contributed by atoms with E-state index in [4.69, 9.17) is 5.11 Å². The zero-order valence-electron chi connectivity index (χ0n) is 7.15. The molecule has 0 saturated carbocycles. The highest BCUT2D eigenvalue weighted by Crippen LogP contribution is 2.15. The second-order valence-electron chi connectivity index (χ2n) is 2.94. The second kappa shape index (κ2) is 3.93. The van der Waals surface area contributed by atoms with Gasteiger partial charge in [0.05, 0.1) is 12.2 Å². The van der Waals surface area contributed by atoms with Crippen molar-refractivity contribution in [3.8, 4) is 0 Å². The van der Waals surface area contributed by atoms with Crippen molar-refractivity contribution in [2.24, 2.45) is 5.92 Å². The van der Waals surface area contributed by atoms with Gasteiger partial charge in [0.2, 0.25) is 0 Å². The lowest BCUT2D eigenvalue weighted by Gasteiger charge is -2.14. The number of hydrogen-bond acceptors (Lipinski definition) is 4. The SMILES string of the molecule is CC1COC(=O)O/C=C(/C(=O)O)C1. The van der Waals surface area contributed by atoms with Crippen LogP contribution in [0.4, 0.5) is 4.79 Å². The van der Waals surface area contributed by atoms with E-state index in [1.807, 2.05) is 0 Å². The molecule has 0 amide bonds. The van der Waals surface area contributed by atoms with Gasteiger partial charge >= 0.3 is 12.1 Å². The number of carbonyl (C=O) groups is 2. The predicted octanol–water partition coefficient (Wildman–Crippen LogP) is 1.15. The van der Waals surface area contributed by atoms with Crippen LogP contribution < -0.4 is 0 Å². The summed E-state index contributed by atoms with van der Waals surface area (Å²) in [6, 6.07) is 0. The van der Waals surface area contributed by atoms with Gasteiger partial charge in [0.1, 0.15) is 6.26 Å². The molecule has 1 heterocycles. The average Bonchev–Trinajstić information content (AvgIpc) is 2.05. The van der Waals surface area contributed by atoms with Crippen LogP contribution in [0.2, 0.25) is 0 Å². The van der Waals surface area contributed by atoms with Gasteiger partial charge in [-0.25, -0.2) is 9.59 Å². The van der Waals surface area contributed by atoms with E-state index in [0.29, 0.717) is 6.42 Å². The summed E-state index contributed by atoms with van der Waals surface area (Å²) < 4.78 is 9.03. The molecule has 1 aliphatic rings. The fraction of sp³-hybridized carbons (Fsp3) is 0.500. The fourth-order valence-electron chi connectivity index (χ4n) is 0.984. The minimum Gasteiger partial charge on any atom is -0.478 e. The minimum atomic E-state index is -1.07. The molecule has 0 aliphatic carbocycles. The molecule has 0 aromatic rings. The number of rotatable bonds is 1. The molecule has 72 valence electrons. The number of aliphatic carboxylic acids is 1. The molecule has 1 rings (SSSR count). The van der Waals surface area contributed by atoms with Crippen molar-refractivity contribution >= 4 is 12.1 Å². The van der Waals surface area contributed by atoms with Gasteiger partial charge < -0.3 is 14.6 Å². The zero-order valence-corrected chi connectivity index (χ0v) is 7.15. The molecule has 0 radical (unpaired) electrons. The van der Waals surface area contributed by atoms with Gasteiger partial charge in [0.15, 0.2) is 0 Å². The van der Waals surface area contributed by atoms with Crippen molar-refractivity contribution < 1.29 is 24.2 Å². The van der Waals surface area contributed by atoms with Crippen molar-refractivity contribution in [1.29, 1.82) is 0 Å². The second-order valence-corrected chi connectivity index (χ2v) is 2.94. The molecule has 13 heavy (non-hydrogen) atoms. The molecule has 0 saturated heterocycles.